The van der Waals surface area contributed by atoms with Gasteiger partial charge in [-0.25, -0.2) is 0 Å². The van der Waals surface area contributed by atoms with Crippen LogP contribution in [0.2, 0.25) is 0 Å². The second-order valence-electron chi connectivity index (χ2n) is 20.0. The molecule has 0 aliphatic carbocycles. The van der Waals surface area contributed by atoms with Crippen molar-refractivity contribution in [2.45, 2.75) is 85.7 Å². The minimum absolute atomic E-state index is 0.0423. The van der Waals surface area contributed by atoms with Crippen molar-refractivity contribution in [3.63, 3.8) is 0 Å². The Kier molecular flexibility index (Phi) is 19.0. The number of esters is 1. The summed E-state index contributed by atoms with van der Waals surface area (Å²) in [7, 11) is 0. The van der Waals surface area contributed by atoms with Gasteiger partial charge in [0.1, 0.15) is 12.1 Å². The number of carbonyl (C=O) groups excluding carboxylic acids is 4. The second-order valence-corrected chi connectivity index (χ2v) is 21.6. The highest BCUT2D eigenvalue weighted by Crippen LogP contribution is 2.49. The van der Waals surface area contributed by atoms with E-state index < -0.39 is 87.6 Å². The molecule has 1 heterocycles. The number of hydrogen-bond donors (Lipinski definition) is 5. The first kappa shape index (κ1) is 57.8. The molecule has 1 aliphatic heterocycles. The van der Waals surface area contributed by atoms with Gasteiger partial charge >= 0.3 is 12.1 Å². The highest BCUT2D eigenvalue weighted by atomic mass is 32.2. The highest BCUT2D eigenvalue weighted by Gasteiger charge is 2.51. The summed E-state index contributed by atoms with van der Waals surface area (Å²) in [4.78, 5) is 60.4. The van der Waals surface area contributed by atoms with Gasteiger partial charge in [0.2, 0.25) is 11.8 Å². The average molecular weight is 1100 g/mol. The predicted molar refractivity (Wildman–Crippen MR) is 308 cm³/mol. The van der Waals surface area contributed by atoms with Crippen LogP contribution in [0.5, 0.6) is 0 Å². The number of thiol groups is 1. The van der Waals surface area contributed by atoms with Crippen LogP contribution in [-0.4, -0.2) is 70.1 Å². The van der Waals surface area contributed by atoms with Crippen LogP contribution in [-0.2, 0) is 46.7 Å². The number of thioether (sulfide) groups is 1. The number of rotatable bonds is 16. The quantitative estimate of drug-likeness (QED) is 0.0214. The van der Waals surface area contributed by atoms with Gasteiger partial charge in [0.05, 0.1) is 15.7 Å². The number of alkyl halides is 3. The third-order valence-electron chi connectivity index (χ3n) is 14.6. The summed E-state index contributed by atoms with van der Waals surface area (Å²) in [6.45, 7) is 3.75. The first-order valence-electron chi connectivity index (χ1n) is 26.4. The summed E-state index contributed by atoms with van der Waals surface area (Å²) in [5, 5.41) is 21.1. The number of carbonyl (C=O) groups is 4. The summed E-state index contributed by atoms with van der Waals surface area (Å²) in [6.07, 6.45) is -4.61. The maximum absolute atomic E-state index is 15.6. The lowest BCUT2D eigenvalue weighted by Crippen LogP contribution is -2.64. The fourth-order valence-electron chi connectivity index (χ4n) is 10.7. The van der Waals surface area contributed by atoms with E-state index in [1.165, 1.54) is 24.3 Å². The molecule has 0 bridgehead atoms. The van der Waals surface area contributed by atoms with Gasteiger partial charge < -0.3 is 25.8 Å². The van der Waals surface area contributed by atoms with Crippen LogP contribution >= 0.6 is 24.4 Å². The average Bonchev–Trinajstić information content (AvgIpc) is 3.67. The van der Waals surface area contributed by atoms with E-state index in [1.807, 2.05) is 123 Å². The molecule has 8 rings (SSSR count). The van der Waals surface area contributed by atoms with Gasteiger partial charge in [0.25, 0.3) is 5.91 Å². The molecule has 9 nitrogen and oxygen atoms in total. The van der Waals surface area contributed by atoms with Crippen molar-refractivity contribution < 1.29 is 42.2 Å². The number of cyclic esters (lactones) is 1. The Morgan fingerprint density at radius 3 is 1.51 bits per heavy atom. The van der Waals surface area contributed by atoms with Crippen molar-refractivity contribution in [1.29, 1.82) is 0 Å². The van der Waals surface area contributed by atoms with Crippen LogP contribution in [0.15, 0.2) is 218 Å². The highest BCUT2D eigenvalue weighted by molar-refractivity contribution is 8.00. The van der Waals surface area contributed by atoms with Gasteiger partial charge in [-0.3, -0.25) is 19.2 Å². The Morgan fingerprint density at radius 1 is 0.620 bits per heavy atom. The van der Waals surface area contributed by atoms with Crippen LogP contribution < -0.4 is 16.0 Å². The molecule has 408 valence electrons. The summed E-state index contributed by atoms with van der Waals surface area (Å²) >= 11 is 6.27. The first-order chi connectivity index (χ1) is 38.1. The zero-order valence-electron chi connectivity index (χ0n) is 43.9. The molecule has 1 fully saturated rings. The number of halogens is 3. The predicted octanol–water partition coefficient (Wildman–Crippen LogP) is 11.4. The van der Waals surface area contributed by atoms with Gasteiger partial charge in [0.15, 0.2) is 11.7 Å². The molecular formula is C65H64F3N3O6S2. The van der Waals surface area contributed by atoms with Crippen molar-refractivity contribution in [2.24, 2.45) is 5.92 Å². The number of benzene rings is 7. The van der Waals surface area contributed by atoms with Gasteiger partial charge in [-0.05, 0) is 75.6 Å². The molecule has 1 saturated heterocycles. The molecule has 14 heteroatoms. The monoisotopic (exact) mass is 1100 g/mol. The van der Waals surface area contributed by atoms with Gasteiger partial charge in [-0.2, -0.15) is 25.8 Å². The van der Waals surface area contributed by atoms with Gasteiger partial charge in [-0.1, -0.05) is 220 Å². The van der Waals surface area contributed by atoms with Crippen LogP contribution in [0.4, 0.5) is 13.2 Å². The number of nitrogens with one attached hydrogen (secondary N) is 3. The molecule has 4 N–H and O–H groups in total. The van der Waals surface area contributed by atoms with Crippen LogP contribution in [0.3, 0.4) is 0 Å². The number of allylic oxidation sites excluding steroid dienone is 1. The van der Waals surface area contributed by atoms with E-state index in [-0.39, 0.29) is 24.3 Å². The molecule has 7 aromatic carbocycles. The maximum atomic E-state index is 15.6. The minimum Gasteiger partial charge on any atom is -0.451 e. The first-order valence-corrected chi connectivity index (χ1v) is 28.0. The molecule has 0 spiro atoms. The molecule has 0 radical (unpaired) electrons. The summed E-state index contributed by atoms with van der Waals surface area (Å²) in [5.74, 6) is -3.98. The van der Waals surface area contributed by atoms with Crippen molar-refractivity contribution >= 4 is 48.1 Å². The van der Waals surface area contributed by atoms with Crippen molar-refractivity contribution in [2.75, 3.05) is 11.5 Å². The van der Waals surface area contributed by atoms with E-state index in [0.29, 0.717) is 28.9 Å². The molecule has 0 saturated carbocycles. The Hall–Kier alpha value is -7.39. The molecule has 7 aromatic rings. The third-order valence-corrected chi connectivity index (χ3v) is 16.7. The van der Waals surface area contributed by atoms with Crippen molar-refractivity contribution in [1.82, 2.24) is 16.0 Å². The lowest BCUT2D eigenvalue weighted by atomic mass is 9.64. The second kappa shape index (κ2) is 26.0. The number of aliphatic hydroxyl groups is 1. The van der Waals surface area contributed by atoms with E-state index in [2.05, 4.69) is 65.0 Å². The van der Waals surface area contributed by atoms with Gasteiger partial charge in [-0.15, -0.1) is 11.8 Å². The number of hydrogen-bond acceptors (Lipinski definition) is 8. The summed E-state index contributed by atoms with van der Waals surface area (Å²) in [5.41, 5.74) is -0.186. The lowest BCUT2D eigenvalue weighted by Gasteiger charge is -2.43. The molecular weight excluding hydrogens is 1040 g/mol. The lowest BCUT2D eigenvalue weighted by molar-refractivity contribution is -0.167. The van der Waals surface area contributed by atoms with E-state index in [1.54, 1.807) is 54.2 Å². The fourth-order valence-corrected chi connectivity index (χ4v) is 12.5. The molecule has 79 heavy (non-hydrogen) atoms. The molecule has 5 unspecified atom stereocenters. The fraction of sp³-hybridized carbons (Fsp3) is 0.262. The van der Waals surface area contributed by atoms with E-state index >= 15 is 9.59 Å². The number of ether oxygens (including phenoxy) is 1. The normalized spacial score (nSPS) is 20.1. The zero-order chi connectivity index (χ0) is 56.0. The smallest absolute Gasteiger partial charge is 0.416 e. The summed E-state index contributed by atoms with van der Waals surface area (Å²) in [6, 6.07) is 58.2. The van der Waals surface area contributed by atoms with Gasteiger partial charge in [0, 0.05) is 24.6 Å². The third kappa shape index (κ3) is 12.9. The standard InChI is InChI=1S/C65H64F3N3O6S2/c1-45(2)54-39-40-56(72)77-62(44-78,41-23-24-42-79-64(50-32-15-6-16-33-50,51-34-17-7-18-35-51)52-36-19-8-20-37-52)58(73)61(76)70-55(43-46-25-21-22-38-53(46)65(66,67)68)59(74)71-57(60(75)69-54)63(47-26-9-3-10-27-47,48-28-11-4-12-29-48)49-30-13-5-14-31-49/h3-23,25-38,41,45,54-55,57-58,73,78H,24,39-40,42-44H2,1-2H3,(H,69,75)(H,70,76)(H,71,74). The van der Waals surface area contributed by atoms with Crippen LogP contribution in [0, 0.1) is 5.92 Å². The number of amides is 3. The minimum atomic E-state index is -4.87. The van der Waals surface area contributed by atoms with E-state index in [9.17, 15) is 27.9 Å². The molecule has 5 atom stereocenters. The Morgan fingerprint density at radius 2 is 1.06 bits per heavy atom. The maximum Gasteiger partial charge on any atom is 0.416 e. The van der Waals surface area contributed by atoms with Crippen molar-refractivity contribution in [3.8, 4) is 0 Å². The molecule has 3 amide bonds. The van der Waals surface area contributed by atoms with Crippen molar-refractivity contribution in [3.05, 3.63) is 263 Å². The topological polar surface area (TPSA) is 134 Å². The zero-order valence-corrected chi connectivity index (χ0v) is 45.6. The van der Waals surface area contributed by atoms with Crippen LogP contribution in [0.1, 0.15) is 77.6 Å². The Bertz CT molecular complexity index is 2960. The molecule has 1 aliphatic rings. The van der Waals surface area contributed by atoms with Crippen LogP contribution in [0.25, 0.3) is 0 Å². The SMILES string of the molecule is CC(C)C1CCC(=O)OC(C=CCCSC(c2ccccc2)(c2ccccc2)c2ccccc2)(CS)C(O)C(=O)NC(Cc2ccccc2C(F)(F)F)C(=O)NC(C(c2ccccc2)(c2ccccc2)c2ccccc2)C(=O)N1. The van der Waals surface area contributed by atoms with E-state index in [0.717, 1.165) is 22.8 Å². The Labute approximate surface area is 469 Å². The largest absolute Gasteiger partial charge is 0.451 e. The number of aliphatic hydroxyl groups excluding tert-OH is 1. The molecule has 0 aromatic heterocycles. The Balaban J connectivity index is 1.22. The van der Waals surface area contributed by atoms with E-state index in [4.69, 9.17) is 4.74 Å². The summed E-state index contributed by atoms with van der Waals surface area (Å²) < 4.78 is 49.9.